The Kier molecular flexibility index (Phi) is 5.35. The summed E-state index contributed by atoms with van der Waals surface area (Å²) in [5.74, 6) is -0.666. The van der Waals surface area contributed by atoms with Crippen molar-refractivity contribution < 1.29 is 22.8 Å². The van der Waals surface area contributed by atoms with E-state index in [9.17, 15) is 22.8 Å². The van der Waals surface area contributed by atoms with Crippen LogP contribution in [0.2, 0.25) is 0 Å². The van der Waals surface area contributed by atoms with Crippen molar-refractivity contribution in [3.05, 3.63) is 80.9 Å². The zero-order valence-electron chi connectivity index (χ0n) is 17.9. The summed E-state index contributed by atoms with van der Waals surface area (Å²) in [5.41, 5.74) is 1.78. The van der Waals surface area contributed by atoms with Gasteiger partial charge in [-0.3, -0.25) is 9.59 Å². The van der Waals surface area contributed by atoms with Crippen LogP contribution in [0.4, 0.5) is 18.9 Å². The molecular weight excluding hydrogens is 467 g/mol. The fraction of sp³-hybridized carbons (Fsp3) is 0.217. The molecule has 0 saturated heterocycles. The minimum Gasteiger partial charge on any atom is -0.333 e. The van der Waals surface area contributed by atoms with Gasteiger partial charge in [0, 0.05) is 34.9 Å². The molecule has 0 atom stereocenters. The molecule has 0 unspecified atom stereocenters. The van der Waals surface area contributed by atoms with Crippen LogP contribution >= 0.6 is 11.3 Å². The predicted octanol–water partition coefficient (Wildman–Crippen LogP) is 4.57. The molecule has 1 aromatic carbocycles. The number of amides is 2. The minimum atomic E-state index is -4.50. The normalized spacial score (nSPS) is 13.7. The zero-order chi connectivity index (χ0) is 24.0. The number of benzene rings is 1. The van der Waals surface area contributed by atoms with Gasteiger partial charge in [0.2, 0.25) is 0 Å². The van der Waals surface area contributed by atoms with E-state index in [-0.39, 0.29) is 11.6 Å². The predicted molar refractivity (Wildman–Crippen MR) is 120 cm³/mol. The highest BCUT2D eigenvalue weighted by Gasteiger charge is 2.32. The second-order valence-corrected chi connectivity index (χ2v) is 8.98. The molecule has 1 N–H and O–H groups in total. The average Bonchev–Trinajstić information content (AvgIpc) is 3.41. The summed E-state index contributed by atoms with van der Waals surface area (Å²) < 4.78 is 40.9. The van der Waals surface area contributed by atoms with Gasteiger partial charge >= 0.3 is 6.18 Å². The van der Waals surface area contributed by atoms with Gasteiger partial charge in [0.1, 0.15) is 5.56 Å². The first-order chi connectivity index (χ1) is 16.2. The van der Waals surface area contributed by atoms with E-state index in [0.717, 1.165) is 22.6 Å². The first-order valence-corrected chi connectivity index (χ1v) is 11.3. The van der Waals surface area contributed by atoms with Crippen LogP contribution in [0.25, 0.3) is 5.65 Å². The van der Waals surface area contributed by atoms with E-state index in [0.29, 0.717) is 41.8 Å². The first kappa shape index (κ1) is 22.1. The Morgan fingerprint density at radius 3 is 2.79 bits per heavy atom. The monoisotopic (exact) mass is 485 g/mol. The van der Waals surface area contributed by atoms with Crippen molar-refractivity contribution in [3.63, 3.8) is 0 Å². The number of thiophene rings is 1. The molecule has 11 heteroatoms. The molecule has 0 spiro atoms. The summed E-state index contributed by atoms with van der Waals surface area (Å²) in [7, 11) is 0. The molecule has 0 radical (unpaired) electrons. The van der Waals surface area contributed by atoms with Gasteiger partial charge in [-0.25, -0.2) is 9.50 Å². The van der Waals surface area contributed by atoms with Crippen molar-refractivity contribution in [2.45, 2.75) is 26.1 Å². The molecule has 1 aliphatic rings. The molecule has 34 heavy (non-hydrogen) atoms. The highest BCUT2D eigenvalue weighted by atomic mass is 32.1. The highest BCUT2D eigenvalue weighted by Crippen LogP contribution is 2.33. The van der Waals surface area contributed by atoms with Crippen LogP contribution in [0.5, 0.6) is 0 Å². The van der Waals surface area contributed by atoms with Crippen LogP contribution in [0.3, 0.4) is 0 Å². The number of rotatable bonds is 3. The zero-order valence-corrected chi connectivity index (χ0v) is 18.7. The molecule has 174 valence electrons. The van der Waals surface area contributed by atoms with Gasteiger partial charge in [0.25, 0.3) is 11.8 Å². The number of carbonyl (C=O) groups is 2. The fourth-order valence-corrected chi connectivity index (χ4v) is 5.15. The smallest absolute Gasteiger partial charge is 0.333 e. The number of hydrogen-bond acceptors (Lipinski definition) is 5. The van der Waals surface area contributed by atoms with Crippen LogP contribution < -0.4 is 5.32 Å². The lowest BCUT2D eigenvalue weighted by Crippen LogP contribution is -2.35. The molecule has 7 nitrogen and oxygen atoms in total. The number of nitrogens with one attached hydrogen (secondary N) is 1. The van der Waals surface area contributed by atoms with Gasteiger partial charge in [0.05, 0.1) is 23.9 Å². The molecule has 2 amide bonds. The summed E-state index contributed by atoms with van der Waals surface area (Å²) >= 11 is 1.35. The topological polar surface area (TPSA) is 79.6 Å². The largest absolute Gasteiger partial charge is 0.416 e. The van der Waals surface area contributed by atoms with Crippen molar-refractivity contribution in [1.29, 1.82) is 0 Å². The maximum atomic E-state index is 13.1. The fourth-order valence-electron chi connectivity index (χ4n) is 4.06. The summed E-state index contributed by atoms with van der Waals surface area (Å²) in [5, 5.41) is 8.44. The van der Waals surface area contributed by atoms with Gasteiger partial charge in [0.15, 0.2) is 5.65 Å². The Labute approximate surface area is 195 Å². The summed E-state index contributed by atoms with van der Waals surface area (Å²) in [6.45, 7) is 2.27. The standard InChI is InChI=1S/C23H18F3N5O2S/c1-13-7-14(23(24,25)26)9-15(8-13)29-21(32)18-12-34-19-11-30(6-3-16(18)19)22(33)17-10-28-31-5-2-4-27-20(17)31/h2,4-5,7-10,12H,3,6,11H2,1H3,(H,29,32). The Hall–Kier alpha value is -3.73. The lowest BCUT2D eigenvalue weighted by atomic mass is 10.0. The third-order valence-corrected chi connectivity index (χ3v) is 6.66. The SMILES string of the molecule is Cc1cc(NC(=O)c2csc3c2CCN(C(=O)c2cnn4cccnc24)C3)cc(C(F)(F)F)c1. The van der Waals surface area contributed by atoms with E-state index in [2.05, 4.69) is 15.4 Å². The molecule has 0 aliphatic carbocycles. The van der Waals surface area contributed by atoms with Crippen molar-refractivity contribution in [2.24, 2.45) is 0 Å². The molecule has 4 aromatic rings. The van der Waals surface area contributed by atoms with Crippen LogP contribution in [-0.4, -0.2) is 37.9 Å². The van der Waals surface area contributed by atoms with E-state index < -0.39 is 17.6 Å². The molecule has 3 aromatic heterocycles. The van der Waals surface area contributed by atoms with E-state index >= 15 is 0 Å². The molecule has 0 saturated carbocycles. The van der Waals surface area contributed by atoms with E-state index in [1.165, 1.54) is 28.1 Å². The van der Waals surface area contributed by atoms with E-state index in [1.807, 2.05) is 0 Å². The first-order valence-electron chi connectivity index (χ1n) is 10.4. The molecule has 5 rings (SSSR count). The number of anilines is 1. The molecule has 0 fully saturated rings. The van der Waals surface area contributed by atoms with Crippen LogP contribution in [0.1, 0.15) is 42.3 Å². The van der Waals surface area contributed by atoms with Gasteiger partial charge < -0.3 is 10.2 Å². The van der Waals surface area contributed by atoms with Gasteiger partial charge in [-0.1, -0.05) is 0 Å². The van der Waals surface area contributed by atoms with Crippen LogP contribution in [-0.2, 0) is 19.1 Å². The maximum Gasteiger partial charge on any atom is 0.416 e. The lowest BCUT2D eigenvalue weighted by Gasteiger charge is -2.27. The van der Waals surface area contributed by atoms with Crippen molar-refractivity contribution in [1.82, 2.24) is 19.5 Å². The van der Waals surface area contributed by atoms with Crippen LogP contribution in [0, 0.1) is 6.92 Å². The quantitative estimate of drug-likeness (QED) is 0.461. The lowest BCUT2D eigenvalue weighted by molar-refractivity contribution is -0.137. The van der Waals surface area contributed by atoms with E-state index in [1.54, 1.807) is 35.7 Å². The summed E-state index contributed by atoms with van der Waals surface area (Å²) in [6.07, 6.45) is 0.757. The summed E-state index contributed by atoms with van der Waals surface area (Å²) in [4.78, 5) is 32.7. The third kappa shape index (κ3) is 4.03. The Balaban J connectivity index is 1.34. The van der Waals surface area contributed by atoms with Crippen LogP contribution in [0.15, 0.2) is 48.2 Å². The number of fused-ring (bicyclic) bond motifs is 2. The third-order valence-electron chi connectivity index (χ3n) is 5.65. The number of nitrogens with zero attached hydrogens (tertiary/aromatic N) is 4. The van der Waals surface area contributed by atoms with Crippen molar-refractivity contribution in [2.75, 3.05) is 11.9 Å². The number of hydrogen-bond donors (Lipinski definition) is 1. The Morgan fingerprint density at radius 1 is 1.18 bits per heavy atom. The summed E-state index contributed by atoms with van der Waals surface area (Å²) in [6, 6.07) is 5.18. The van der Waals surface area contributed by atoms with E-state index in [4.69, 9.17) is 0 Å². The highest BCUT2D eigenvalue weighted by molar-refractivity contribution is 7.10. The number of aryl methyl sites for hydroxylation is 1. The number of halogens is 3. The minimum absolute atomic E-state index is 0.0884. The van der Waals surface area contributed by atoms with Gasteiger partial charge in [-0.2, -0.15) is 18.3 Å². The van der Waals surface area contributed by atoms with Gasteiger partial charge in [-0.15, -0.1) is 11.3 Å². The average molecular weight is 485 g/mol. The molecule has 0 bridgehead atoms. The van der Waals surface area contributed by atoms with Crippen molar-refractivity contribution >= 4 is 34.5 Å². The molecule has 1 aliphatic heterocycles. The number of carbonyl (C=O) groups excluding carboxylic acids is 2. The maximum absolute atomic E-state index is 13.1. The second kappa shape index (κ2) is 8.24. The van der Waals surface area contributed by atoms with Gasteiger partial charge in [-0.05, 0) is 48.7 Å². The molecule has 4 heterocycles. The second-order valence-electron chi connectivity index (χ2n) is 8.01. The van der Waals surface area contributed by atoms with Crippen molar-refractivity contribution in [3.8, 4) is 0 Å². The Morgan fingerprint density at radius 2 is 2.00 bits per heavy atom. The Bertz CT molecular complexity index is 1430. The number of aromatic nitrogens is 3. The molecular formula is C23H18F3N5O2S. The number of alkyl halides is 3.